The summed E-state index contributed by atoms with van der Waals surface area (Å²) in [4.78, 5) is 13.0. The molecule has 0 aliphatic rings. The van der Waals surface area contributed by atoms with Crippen molar-refractivity contribution in [1.82, 2.24) is 4.57 Å². The molecule has 0 saturated heterocycles. The first-order valence-corrected chi connectivity index (χ1v) is 12.2. The summed E-state index contributed by atoms with van der Waals surface area (Å²) in [6, 6.07) is 15.2. The Morgan fingerprint density at radius 1 is 0.795 bits per heavy atom. The SMILES string of the molecule is COc1cc(C=Cc2cc(OC)c(OC)c(OC)c2)c(NC=CC(=O)c2cn(C)c3ccccc23)cc1OC. The summed E-state index contributed by atoms with van der Waals surface area (Å²) in [6.07, 6.45) is 8.83. The van der Waals surface area contributed by atoms with E-state index in [2.05, 4.69) is 5.32 Å². The van der Waals surface area contributed by atoms with Crippen molar-refractivity contribution in [3.05, 3.63) is 83.7 Å². The molecule has 0 fully saturated rings. The minimum atomic E-state index is -0.103. The number of aryl methyl sites for hydroxylation is 1. The van der Waals surface area contributed by atoms with Crippen molar-refractivity contribution in [2.75, 3.05) is 40.9 Å². The van der Waals surface area contributed by atoms with Gasteiger partial charge in [0.1, 0.15) is 0 Å². The van der Waals surface area contributed by atoms with Crippen molar-refractivity contribution >= 4 is 34.5 Å². The van der Waals surface area contributed by atoms with Gasteiger partial charge in [0.2, 0.25) is 5.75 Å². The van der Waals surface area contributed by atoms with Crippen LogP contribution in [0.15, 0.2) is 67.0 Å². The Labute approximate surface area is 228 Å². The highest BCUT2D eigenvalue weighted by Crippen LogP contribution is 2.39. The number of rotatable bonds is 11. The van der Waals surface area contributed by atoms with E-state index >= 15 is 0 Å². The number of ketones is 1. The lowest BCUT2D eigenvalue weighted by molar-refractivity contribution is 0.104. The van der Waals surface area contributed by atoms with Gasteiger partial charge in [0.15, 0.2) is 28.8 Å². The third kappa shape index (κ3) is 5.70. The molecule has 8 heteroatoms. The molecular weight excluding hydrogens is 496 g/mol. The van der Waals surface area contributed by atoms with E-state index in [0.29, 0.717) is 34.3 Å². The van der Waals surface area contributed by atoms with Crippen LogP contribution in [-0.2, 0) is 7.05 Å². The molecule has 0 bridgehead atoms. The number of hydrogen-bond donors (Lipinski definition) is 1. The van der Waals surface area contributed by atoms with Gasteiger partial charge in [-0.25, -0.2) is 0 Å². The van der Waals surface area contributed by atoms with Gasteiger partial charge in [0.25, 0.3) is 0 Å². The number of para-hydroxylation sites is 1. The predicted octanol–water partition coefficient (Wildman–Crippen LogP) is 6.20. The Kier molecular flexibility index (Phi) is 8.46. The number of ether oxygens (including phenoxy) is 5. The number of methoxy groups -OCH3 is 5. The van der Waals surface area contributed by atoms with E-state index in [4.69, 9.17) is 23.7 Å². The molecule has 8 nitrogen and oxygen atoms in total. The zero-order valence-electron chi connectivity index (χ0n) is 22.9. The molecule has 0 spiro atoms. The number of fused-ring (bicyclic) bond motifs is 1. The number of benzene rings is 3. The first-order chi connectivity index (χ1) is 18.9. The molecule has 1 heterocycles. The van der Waals surface area contributed by atoms with E-state index in [-0.39, 0.29) is 5.78 Å². The van der Waals surface area contributed by atoms with Gasteiger partial charge in [-0.1, -0.05) is 30.4 Å². The lowest BCUT2D eigenvalue weighted by Gasteiger charge is -2.14. The Bertz CT molecular complexity index is 1530. The molecule has 0 radical (unpaired) electrons. The number of anilines is 1. The third-order valence-corrected chi connectivity index (χ3v) is 6.33. The van der Waals surface area contributed by atoms with Gasteiger partial charge in [0, 0.05) is 59.3 Å². The van der Waals surface area contributed by atoms with Crippen LogP contribution in [0.25, 0.3) is 23.1 Å². The predicted molar refractivity (Wildman–Crippen MR) is 155 cm³/mol. The molecule has 4 rings (SSSR count). The summed E-state index contributed by atoms with van der Waals surface area (Å²) in [7, 11) is 9.81. The topological polar surface area (TPSA) is 80.2 Å². The maximum absolute atomic E-state index is 13.0. The molecule has 1 N–H and O–H groups in total. The van der Waals surface area contributed by atoms with Gasteiger partial charge >= 0.3 is 0 Å². The highest BCUT2D eigenvalue weighted by atomic mass is 16.5. The number of nitrogens with zero attached hydrogens (tertiary/aromatic N) is 1. The lowest BCUT2D eigenvalue weighted by Crippen LogP contribution is -1.99. The van der Waals surface area contributed by atoms with Crippen molar-refractivity contribution in [1.29, 1.82) is 0 Å². The smallest absolute Gasteiger partial charge is 0.203 e. The first kappa shape index (κ1) is 27.2. The fraction of sp³-hybridized carbons (Fsp3) is 0.194. The molecule has 0 aliphatic heterocycles. The van der Waals surface area contributed by atoms with Crippen molar-refractivity contribution in [3.8, 4) is 28.7 Å². The van der Waals surface area contributed by atoms with E-state index in [1.54, 1.807) is 41.7 Å². The molecule has 202 valence electrons. The number of allylic oxidation sites excluding steroid dienone is 1. The second-order valence-corrected chi connectivity index (χ2v) is 8.60. The van der Waals surface area contributed by atoms with Gasteiger partial charge < -0.3 is 33.6 Å². The van der Waals surface area contributed by atoms with Crippen LogP contribution < -0.4 is 29.0 Å². The Balaban J connectivity index is 1.65. The average molecular weight is 529 g/mol. The summed E-state index contributed by atoms with van der Waals surface area (Å²) >= 11 is 0. The molecular formula is C31H32N2O6. The van der Waals surface area contributed by atoms with Crippen molar-refractivity contribution in [2.24, 2.45) is 7.05 Å². The minimum absolute atomic E-state index is 0.103. The van der Waals surface area contributed by atoms with Crippen LogP contribution in [0.5, 0.6) is 28.7 Å². The molecule has 4 aromatic rings. The second-order valence-electron chi connectivity index (χ2n) is 8.60. The van der Waals surface area contributed by atoms with Gasteiger partial charge in [-0.3, -0.25) is 4.79 Å². The Morgan fingerprint density at radius 2 is 1.44 bits per heavy atom. The van der Waals surface area contributed by atoms with Crippen LogP contribution in [0.3, 0.4) is 0 Å². The summed E-state index contributed by atoms with van der Waals surface area (Å²) < 4.78 is 29.3. The second kappa shape index (κ2) is 12.1. The minimum Gasteiger partial charge on any atom is -0.493 e. The van der Waals surface area contributed by atoms with Gasteiger partial charge in [-0.15, -0.1) is 0 Å². The molecule has 0 amide bonds. The molecule has 39 heavy (non-hydrogen) atoms. The zero-order chi connectivity index (χ0) is 27.9. The number of hydrogen-bond acceptors (Lipinski definition) is 7. The van der Waals surface area contributed by atoms with Crippen LogP contribution >= 0.6 is 0 Å². The standard InChI is InChI=1S/C31H32N2O6/c1-33-19-23(22-9-7-8-10-25(22)33)26(34)13-14-32-24-18-28(36-3)27(35-2)17-21(24)12-11-20-15-29(37-4)31(39-6)30(16-20)38-5/h7-19,32H,1-6H3. The van der Waals surface area contributed by atoms with Gasteiger partial charge in [0.05, 0.1) is 35.5 Å². The summed E-state index contributed by atoms with van der Waals surface area (Å²) in [5.41, 5.74) is 4.01. The van der Waals surface area contributed by atoms with Gasteiger partial charge in [-0.05, 0) is 29.8 Å². The van der Waals surface area contributed by atoms with Crippen molar-refractivity contribution in [2.45, 2.75) is 0 Å². The molecule has 0 saturated carbocycles. The van der Waals surface area contributed by atoms with Crippen molar-refractivity contribution in [3.63, 3.8) is 0 Å². The average Bonchev–Trinajstić information content (AvgIpc) is 3.31. The molecule has 0 aliphatic carbocycles. The number of aromatic nitrogens is 1. The molecule has 1 aromatic heterocycles. The van der Waals surface area contributed by atoms with Crippen LogP contribution in [0.4, 0.5) is 5.69 Å². The van der Waals surface area contributed by atoms with Crippen LogP contribution in [-0.4, -0.2) is 45.9 Å². The fourth-order valence-corrected chi connectivity index (χ4v) is 4.38. The van der Waals surface area contributed by atoms with Crippen LogP contribution in [0, 0.1) is 0 Å². The quantitative estimate of drug-likeness (QED) is 0.141. The monoisotopic (exact) mass is 528 g/mol. The molecule has 3 aromatic carbocycles. The van der Waals surface area contributed by atoms with Crippen LogP contribution in [0.1, 0.15) is 21.5 Å². The maximum atomic E-state index is 13.0. The van der Waals surface area contributed by atoms with Crippen LogP contribution in [0.2, 0.25) is 0 Å². The number of carbonyl (C=O) groups excluding carboxylic acids is 1. The number of carbonyl (C=O) groups is 1. The molecule has 0 atom stereocenters. The first-order valence-electron chi connectivity index (χ1n) is 12.2. The highest BCUT2D eigenvalue weighted by molar-refractivity contribution is 6.13. The zero-order valence-corrected chi connectivity index (χ0v) is 22.9. The van der Waals surface area contributed by atoms with E-state index in [1.165, 1.54) is 6.08 Å². The Hall–Kier alpha value is -4.85. The fourth-order valence-electron chi connectivity index (χ4n) is 4.38. The van der Waals surface area contributed by atoms with Gasteiger partial charge in [-0.2, -0.15) is 0 Å². The lowest BCUT2D eigenvalue weighted by atomic mass is 10.1. The largest absolute Gasteiger partial charge is 0.493 e. The van der Waals surface area contributed by atoms with E-state index in [1.807, 2.05) is 78.5 Å². The number of nitrogens with one attached hydrogen (secondary N) is 1. The normalized spacial score (nSPS) is 11.2. The maximum Gasteiger partial charge on any atom is 0.203 e. The molecule has 0 unspecified atom stereocenters. The van der Waals surface area contributed by atoms with E-state index in [9.17, 15) is 4.79 Å². The summed E-state index contributed by atoms with van der Waals surface area (Å²) in [5.74, 6) is 2.65. The highest BCUT2D eigenvalue weighted by Gasteiger charge is 2.14. The van der Waals surface area contributed by atoms with E-state index in [0.717, 1.165) is 27.7 Å². The summed E-state index contributed by atoms with van der Waals surface area (Å²) in [5, 5.41) is 4.14. The van der Waals surface area contributed by atoms with Crippen molar-refractivity contribution < 1.29 is 28.5 Å². The van der Waals surface area contributed by atoms with E-state index < -0.39 is 0 Å². The third-order valence-electron chi connectivity index (χ3n) is 6.33. The Morgan fingerprint density at radius 3 is 2.08 bits per heavy atom. The summed E-state index contributed by atoms with van der Waals surface area (Å²) in [6.45, 7) is 0.